The minimum Gasteiger partial charge on any atom is -0.397 e. The lowest BCUT2D eigenvalue weighted by Crippen LogP contribution is -2.35. The van der Waals surface area contributed by atoms with Crippen LogP contribution < -0.4 is 11.5 Å². The van der Waals surface area contributed by atoms with Crippen molar-refractivity contribution in [3.63, 3.8) is 0 Å². The van der Waals surface area contributed by atoms with Gasteiger partial charge in [0.25, 0.3) is 0 Å². The summed E-state index contributed by atoms with van der Waals surface area (Å²) in [5.41, 5.74) is 15.1. The van der Waals surface area contributed by atoms with Crippen LogP contribution in [0.1, 0.15) is 27.4 Å². The number of halogens is 3. The first kappa shape index (κ1) is 27.2. The van der Waals surface area contributed by atoms with Crippen LogP contribution in [0.5, 0.6) is 0 Å². The highest BCUT2D eigenvalue weighted by Gasteiger charge is 2.35. The molecule has 4 aromatic rings. The number of carbonyl (C=O) groups is 1. The average Bonchev–Trinajstić information content (AvgIpc) is 2.94. The summed E-state index contributed by atoms with van der Waals surface area (Å²) in [4.78, 5) is 31.1. The Balaban J connectivity index is 1.38. The molecule has 0 bridgehead atoms. The van der Waals surface area contributed by atoms with E-state index < -0.39 is 17.8 Å². The second-order valence-corrected chi connectivity index (χ2v) is 9.35. The first-order chi connectivity index (χ1) is 19.2. The van der Waals surface area contributed by atoms with Crippen molar-refractivity contribution in [3.05, 3.63) is 83.6 Å². The molecule has 0 amide bonds. The van der Waals surface area contributed by atoms with Crippen molar-refractivity contribution < 1.29 is 22.7 Å². The Morgan fingerprint density at radius 2 is 1.70 bits per heavy atom. The molecular weight excluding hydrogens is 523 g/mol. The van der Waals surface area contributed by atoms with Gasteiger partial charge in [-0.25, -0.2) is 15.0 Å². The number of anilines is 2. The zero-order valence-electron chi connectivity index (χ0n) is 21.4. The number of rotatable bonds is 7. The predicted molar refractivity (Wildman–Crippen MR) is 143 cm³/mol. The van der Waals surface area contributed by atoms with Gasteiger partial charge in [0, 0.05) is 55.6 Å². The third-order valence-corrected chi connectivity index (χ3v) is 6.48. The quantitative estimate of drug-likeness (QED) is 0.328. The maximum atomic E-state index is 13.3. The van der Waals surface area contributed by atoms with Crippen LogP contribution in [0.4, 0.5) is 24.7 Å². The fraction of sp³-hybridized carbons (Fsp3) is 0.250. The van der Waals surface area contributed by atoms with E-state index in [0.29, 0.717) is 11.3 Å². The number of nitrogens with zero attached hydrogens (tertiary/aromatic N) is 5. The first-order valence-corrected chi connectivity index (χ1v) is 12.5. The molecule has 40 heavy (non-hydrogen) atoms. The van der Waals surface area contributed by atoms with Crippen molar-refractivity contribution in [3.8, 4) is 22.5 Å². The standard InChI is InChI=1S/C28H26F3N7O2/c29-28(30,31)27-36-23(14-25(33)37-27)20-7-8-34-15-19(20)13-24(39)26-21(32)5-6-22(35-26)18-3-1-17(2-4-18)16-38-9-11-40-12-10-38/h1-8,14-15H,9-13,16,32H2,(H2,33,36,37). The van der Waals surface area contributed by atoms with E-state index in [1.807, 2.05) is 24.3 Å². The number of aromatic nitrogens is 4. The number of ketones is 1. The van der Waals surface area contributed by atoms with Crippen LogP contribution in [0.25, 0.3) is 22.5 Å². The lowest BCUT2D eigenvalue weighted by Gasteiger charge is -2.26. The molecule has 1 aliphatic rings. The molecule has 9 nitrogen and oxygen atoms in total. The first-order valence-electron chi connectivity index (χ1n) is 12.5. The minimum atomic E-state index is -4.79. The number of pyridine rings is 2. The Kier molecular flexibility index (Phi) is 7.71. The number of Topliss-reactive ketones (excluding diaryl/α,β-unsaturated/α-hetero) is 1. The summed E-state index contributed by atoms with van der Waals surface area (Å²) in [6, 6.07) is 14.0. The highest BCUT2D eigenvalue weighted by atomic mass is 19.4. The summed E-state index contributed by atoms with van der Waals surface area (Å²) >= 11 is 0. The summed E-state index contributed by atoms with van der Waals surface area (Å²) in [5, 5.41) is 0. The Bertz CT molecular complexity index is 1520. The summed E-state index contributed by atoms with van der Waals surface area (Å²) in [5.74, 6) is -2.14. The molecule has 1 saturated heterocycles. The number of ether oxygens (including phenoxy) is 1. The van der Waals surface area contributed by atoms with Gasteiger partial charge in [0.2, 0.25) is 5.82 Å². The van der Waals surface area contributed by atoms with Crippen LogP contribution in [0.2, 0.25) is 0 Å². The number of morpholine rings is 1. The van der Waals surface area contributed by atoms with E-state index >= 15 is 0 Å². The van der Waals surface area contributed by atoms with E-state index in [0.717, 1.165) is 44.0 Å². The van der Waals surface area contributed by atoms with E-state index in [1.165, 1.54) is 24.5 Å². The summed E-state index contributed by atoms with van der Waals surface area (Å²) < 4.78 is 45.2. The average molecular weight is 550 g/mol. The third-order valence-electron chi connectivity index (χ3n) is 6.48. The largest absolute Gasteiger partial charge is 0.451 e. The Hall–Kier alpha value is -4.42. The highest BCUT2D eigenvalue weighted by Crippen LogP contribution is 2.31. The molecule has 0 saturated carbocycles. The number of benzene rings is 1. The number of nitrogens with two attached hydrogens (primary N) is 2. The fourth-order valence-corrected chi connectivity index (χ4v) is 4.46. The molecule has 4 N–H and O–H groups in total. The van der Waals surface area contributed by atoms with Crippen LogP contribution in [-0.2, 0) is 23.9 Å². The van der Waals surface area contributed by atoms with E-state index in [2.05, 4.69) is 24.8 Å². The van der Waals surface area contributed by atoms with Gasteiger partial charge in [-0.15, -0.1) is 0 Å². The highest BCUT2D eigenvalue weighted by molar-refractivity contribution is 6.01. The lowest BCUT2D eigenvalue weighted by atomic mass is 9.99. The molecule has 0 radical (unpaired) electrons. The van der Waals surface area contributed by atoms with Crippen LogP contribution in [0, 0.1) is 0 Å². The molecule has 1 aromatic carbocycles. The van der Waals surface area contributed by atoms with Crippen LogP contribution in [0.15, 0.2) is 60.9 Å². The van der Waals surface area contributed by atoms with Crippen molar-refractivity contribution >= 4 is 17.3 Å². The van der Waals surface area contributed by atoms with Crippen molar-refractivity contribution in [2.24, 2.45) is 0 Å². The number of hydrogen-bond acceptors (Lipinski definition) is 9. The molecule has 0 unspecified atom stereocenters. The van der Waals surface area contributed by atoms with Crippen LogP contribution in [-0.4, -0.2) is 56.9 Å². The van der Waals surface area contributed by atoms with Gasteiger partial charge in [0.05, 0.1) is 30.3 Å². The number of carbonyl (C=O) groups excluding carboxylic acids is 1. The van der Waals surface area contributed by atoms with E-state index in [-0.39, 0.29) is 34.9 Å². The smallest absolute Gasteiger partial charge is 0.397 e. The van der Waals surface area contributed by atoms with Gasteiger partial charge in [0.15, 0.2) is 5.78 Å². The van der Waals surface area contributed by atoms with Crippen molar-refractivity contribution in [2.45, 2.75) is 19.1 Å². The Labute approximate surface area is 228 Å². The molecule has 206 valence electrons. The zero-order valence-corrected chi connectivity index (χ0v) is 21.4. The zero-order chi connectivity index (χ0) is 28.3. The van der Waals surface area contributed by atoms with Crippen LogP contribution in [0.3, 0.4) is 0 Å². The summed E-state index contributed by atoms with van der Waals surface area (Å²) in [6.07, 6.45) is -2.21. The second-order valence-electron chi connectivity index (χ2n) is 9.35. The van der Waals surface area contributed by atoms with Crippen molar-refractivity contribution in [2.75, 3.05) is 37.8 Å². The van der Waals surface area contributed by atoms with E-state index in [9.17, 15) is 18.0 Å². The molecule has 5 rings (SSSR count). The summed E-state index contributed by atoms with van der Waals surface area (Å²) in [7, 11) is 0. The Morgan fingerprint density at radius 3 is 2.42 bits per heavy atom. The minimum absolute atomic E-state index is 0.0582. The van der Waals surface area contributed by atoms with Gasteiger partial charge >= 0.3 is 6.18 Å². The molecule has 12 heteroatoms. The van der Waals surface area contributed by atoms with Gasteiger partial charge in [-0.2, -0.15) is 13.2 Å². The molecule has 3 aromatic heterocycles. The van der Waals surface area contributed by atoms with E-state index in [1.54, 1.807) is 12.1 Å². The molecule has 0 atom stereocenters. The second kappa shape index (κ2) is 11.4. The normalized spacial score (nSPS) is 14.3. The van der Waals surface area contributed by atoms with Gasteiger partial charge in [0.1, 0.15) is 11.5 Å². The number of alkyl halides is 3. The molecule has 0 spiro atoms. The number of hydrogen-bond donors (Lipinski definition) is 2. The topological polar surface area (TPSA) is 133 Å². The van der Waals surface area contributed by atoms with Crippen molar-refractivity contribution in [1.82, 2.24) is 24.8 Å². The predicted octanol–water partition coefficient (Wildman–Crippen LogP) is 4.04. The maximum absolute atomic E-state index is 13.3. The molecular formula is C28H26F3N7O2. The van der Waals surface area contributed by atoms with Gasteiger partial charge < -0.3 is 16.2 Å². The SMILES string of the molecule is Nc1cc(-c2ccncc2CC(=O)c2nc(-c3ccc(CN4CCOCC4)cc3)ccc2N)nc(C(F)(F)F)n1. The maximum Gasteiger partial charge on any atom is 0.451 e. The number of nitrogen functional groups attached to an aromatic ring is 2. The Morgan fingerprint density at radius 1 is 0.950 bits per heavy atom. The molecule has 1 aliphatic heterocycles. The van der Waals surface area contributed by atoms with Crippen molar-refractivity contribution in [1.29, 1.82) is 0 Å². The monoisotopic (exact) mass is 549 g/mol. The van der Waals surface area contributed by atoms with Gasteiger partial charge in [-0.1, -0.05) is 24.3 Å². The molecule has 4 heterocycles. The molecule has 1 fully saturated rings. The van der Waals surface area contributed by atoms with Crippen LogP contribution >= 0.6 is 0 Å². The lowest BCUT2D eigenvalue weighted by molar-refractivity contribution is -0.144. The fourth-order valence-electron chi connectivity index (χ4n) is 4.46. The van der Waals surface area contributed by atoms with Gasteiger partial charge in [-0.05, 0) is 29.3 Å². The van der Waals surface area contributed by atoms with Gasteiger partial charge in [-0.3, -0.25) is 14.7 Å². The van der Waals surface area contributed by atoms with E-state index in [4.69, 9.17) is 16.2 Å². The summed E-state index contributed by atoms with van der Waals surface area (Å²) in [6.45, 7) is 4.05. The molecule has 0 aliphatic carbocycles. The third kappa shape index (κ3) is 6.24.